The van der Waals surface area contributed by atoms with Crippen molar-refractivity contribution in [1.29, 1.82) is 0 Å². The van der Waals surface area contributed by atoms with Crippen LogP contribution in [0.1, 0.15) is 13.8 Å². The van der Waals surface area contributed by atoms with E-state index in [0.717, 1.165) is 10.9 Å². The Kier molecular flexibility index (Phi) is 3.46. The van der Waals surface area contributed by atoms with E-state index in [2.05, 4.69) is 15.4 Å². The number of fused-ring (bicyclic) bond motifs is 1. The number of carbonyl (C=O) groups excluding carboxylic acids is 1. The fraction of sp³-hybridized carbons (Fsp3) is 0.417. The first-order valence-electron chi connectivity index (χ1n) is 5.82. The first-order valence-corrected chi connectivity index (χ1v) is 5.82. The quantitative estimate of drug-likeness (QED) is 0.916. The summed E-state index contributed by atoms with van der Waals surface area (Å²) in [5, 5.41) is 7.26. The molecule has 1 atom stereocenters. The standard InChI is InChI=1S/C12H14F2N4O/c1-8(17-11(19)12(2,13)14)7-18-10-3-4-15-5-9(10)6-16-18/h3-6,8H,7H2,1-2H3,(H,17,19). The largest absolute Gasteiger partial charge is 0.347 e. The monoisotopic (exact) mass is 268 g/mol. The van der Waals surface area contributed by atoms with Crippen LogP contribution < -0.4 is 5.32 Å². The minimum absolute atomic E-state index is 0.315. The molecule has 19 heavy (non-hydrogen) atoms. The lowest BCUT2D eigenvalue weighted by Crippen LogP contribution is -2.44. The summed E-state index contributed by atoms with van der Waals surface area (Å²) in [6.45, 7) is 2.54. The van der Waals surface area contributed by atoms with Crippen LogP contribution >= 0.6 is 0 Å². The van der Waals surface area contributed by atoms with Crippen LogP contribution in [0.4, 0.5) is 8.78 Å². The van der Waals surface area contributed by atoms with Crippen LogP contribution in [0.3, 0.4) is 0 Å². The van der Waals surface area contributed by atoms with Crippen molar-refractivity contribution in [3.8, 4) is 0 Å². The van der Waals surface area contributed by atoms with E-state index in [-0.39, 0.29) is 0 Å². The molecule has 0 bridgehead atoms. The molecule has 2 heterocycles. The number of aromatic nitrogens is 3. The van der Waals surface area contributed by atoms with Gasteiger partial charge in [0.25, 0.3) is 5.91 Å². The minimum Gasteiger partial charge on any atom is -0.347 e. The molecule has 2 aromatic rings. The van der Waals surface area contributed by atoms with Crippen LogP contribution in [0.2, 0.25) is 0 Å². The number of nitrogens with one attached hydrogen (secondary N) is 1. The van der Waals surface area contributed by atoms with E-state index < -0.39 is 17.9 Å². The minimum atomic E-state index is -3.37. The number of hydrogen-bond acceptors (Lipinski definition) is 3. The molecule has 7 heteroatoms. The Balaban J connectivity index is 2.07. The third-order valence-corrected chi connectivity index (χ3v) is 2.67. The van der Waals surface area contributed by atoms with Gasteiger partial charge in [0.2, 0.25) is 0 Å². The van der Waals surface area contributed by atoms with Gasteiger partial charge in [-0.3, -0.25) is 14.5 Å². The zero-order valence-electron chi connectivity index (χ0n) is 10.6. The Labute approximate surface area is 108 Å². The Morgan fingerprint density at radius 2 is 2.26 bits per heavy atom. The van der Waals surface area contributed by atoms with Gasteiger partial charge in [0.15, 0.2) is 0 Å². The van der Waals surface area contributed by atoms with Crippen molar-refractivity contribution >= 4 is 16.8 Å². The molecular formula is C12H14F2N4O. The number of pyridine rings is 1. The molecule has 0 aliphatic rings. The van der Waals surface area contributed by atoms with Crippen LogP contribution in [-0.2, 0) is 11.3 Å². The summed E-state index contributed by atoms with van der Waals surface area (Å²) < 4.78 is 27.2. The zero-order valence-corrected chi connectivity index (χ0v) is 10.6. The molecule has 5 nitrogen and oxygen atoms in total. The van der Waals surface area contributed by atoms with Gasteiger partial charge in [-0.2, -0.15) is 13.9 Å². The van der Waals surface area contributed by atoms with E-state index in [9.17, 15) is 13.6 Å². The van der Waals surface area contributed by atoms with E-state index in [1.807, 2.05) is 0 Å². The van der Waals surface area contributed by atoms with Crippen molar-refractivity contribution in [3.63, 3.8) is 0 Å². The Bertz CT molecular complexity index is 591. The van der Waals surface area contributed by atoms with Gasteiger partial charge in [-0.25, -0.2) is 0 Å². The summed E-state index contributed by atoms with van der Waals surface area (Å²) in [5.41, 5.74) is 0.847. The highest BCUT2D eigenvalue weighted by Gasteiger charge is 2.32. The van der Waals surface area contributed by atoms with Crippen LogP contribution in [0.5, 0.6) is 0 Å². The summed E-state index contributed by atoms with van der Waals surface area (Å²) in [4.78, 5) is 15.1. The highest BCUT2D eigenvalue weighted by molar-refractivity contribution is 5.83. The van der Waals surface area contributed by atoms with Crippen molar-refractivity contribution in [2.75, 3.05) is 0 Å². The molecule has 2 aromatic heterocycles. The lowest BCUT2D eigenvalue weighted by molar-refractivity contribution is -0.143. The van der Waals surface area contributed by atoms with Gasteiger partial charge in [-0.05, 0) is 13.0 Å². The van der Waals surface area contributed by atoms with Gasteiger partial charge in [-0.1, -0.05) is 0 Å². The van der Waals surface area contributed by atoms with Crippen molar-refractivity contribution in [2.45, 2.75) is 32.4 Å². The van der Waals surface area contributed by atoms with Crippen molar-refractivity contribution in [2.24, 2.45) is 0 Å². The Morgan fingerprint density at radius 3 is 2.95 bits per heavy atom. The maximum atomic E-state index is 12.8. The molecule has 1 N–H and O–H groups in total. The van der Waals surface area contributed by atoms with Crippen molar-refractivity contribution in [3.05, 3.63) is 24.7 Å². The molecule has 0 saturated heterocycles. The summed E-state index contributed by atoms with van der Waals surface area (Å²) in [7, 11) is 0. The van der Waals surface area contributed by atoms with E-state index in [4.69, 9.17) is 0 Å². The summed E-state index contributed by atoms with van der Waals surface area (Å²) in [6.07, 6.45) is 4.94. The SMILES string of the molecule is CC(Cn1ncc2cnccc21)NC(=O)C(C)(F)F. The summed E-state index contributed by atoms with van der Waals surface area (Å²) >= 11 is 0. The lowest BCUT2D eigenvalue weighted by atomic mass is 10.2. The molecule has 0 saturated carbocycles. The topological polar surface area (TPSA) is 59.8 Å². The average molecular weight is 268 g/mol. The number of hydrogen-bond donors (Lipinski definition) is 1. The zero-order chi connectivity index (χ0) is 14.0. The molecule has 2 rings (SSSR count). The highest BCUT2D eigenvalue weighted by atomic mass is 19.3. The average Bonchev–Trinajstić information content (AvgIpc) is 2.71. The van der Waals surface area contributed by atoms with Gasteiger partial charge in [0.05, 0.1) is 18.3 Å². The maximum Gasteiger partial charge on any atom is 0.321 e. The first kappa shape index (κ1) is 13.4. The summed E-state index contributed by atoms with van der Waals surface area (Å²) in [6, 6.07) is 1.33. The van der Waals surface area contributed by atoms with Crippen molar-refractivity contribution in [1.82, 2.24) is 20.1 Å². The van der Waals surface area contributed by atoms with Crippen LogP contribution in [0, 0.1) is 0 Å². The number of halogens is 2. The fourth-order valence-corrected chi connectivity index (χ4v) is 1.73. The molecule has 0 aliphatic carbocycles. The second-order valence-corrected chi connectivity index (χ2v) is 4.52. The number of rotatable bonds is 4. The molecule has 0 aliphatic heterocycles. The lowest BCUT2D eigenvalue weighted by Gasteiger charge is -2.17. The number of nitrogens with zero attached hydrogens (tertiary/aromatic N) is 3. The van der Waals surface area contributed by atoms with Gasteiger partial charge in [-0.15, -0.1) is 0 Å². The third-order valence-electron chi connectivity index (χ3n) is 2.67. The molecule has 1 unspecified atom stereocenters. The highest BCUT2D eigenvalue weighted by Crippen LogP contribution is 2.13. The van der Waals surface area contributed by atoms with E-state index in [0.29, 0.717) is 13.5 Å². The van der Waals surface area contributed by atoms with Gasteiger partial charge in [0, 0.05) is 30.7 Å². The second kappa shape index (κ2) is 4.91. The second-order valence-electron chi connectivity index (χ2n) is 4.52. The smallest absolute Gasteiger partial charge is 0.321 e. The molecule has 0 radical (unpaired) electrons. The van der Waals surface area contributed by atoms with E-state index in [1.165, 1.54) is 0 Å². The van der Waals surface area contributed by atoms with E-state index >= 15 is 0 Å². The molecule has 1 amide bonds. The number of alkyl halides is 2. The normalized spacial score (nSPS) is 13.5. The predicted molar refractivity (Wildman–Crippen MR) is 65.8 cm³/mol. The Hall–Kier alpha value is -2.05. The van der Waals surface area contributed by atoms with E-state index in [1.54, 1.807) is 36.3 Å². The fourth-order valence-electron chi connectivity index (χ4n) is 1.73. The summed E-state index contributed by atoms with van der Waals surface area (Å²) in [5.74, 6) is -4.65. The molecular weight excluding hydrogens is 254 g/mol. The van der Waals surface area contributed by atoms with Crippen LogP contribution in [0.15, 0.2) is 24.7 Å². The van der Waals surface area contributed by atoms with Gasteiger partial charge in [0.1, 0.15) is 0 Å². The van der Waals surface area contributed by atoms with Gasteiger partial charge >= 0.3 is 5.92 Å². The van der Waals surface area contributed by atoms with Crippen molar-refractivity contribution < 1.29 is 13.6 Å². The molecule has 0 aromatic carbocycles. The number of carbonyl (C=O) groups is 1. The first-order chi connectivity index (χ1) is 8.88. The molecule has 102 valence electrons. The number of amides is 1. The predicted octanol–water partition coefficient (Wildman–Crippen LogP) is 1.59. The molecule has 0 fully saturated rings. The maximum absolute atomic E-state index is 12.8. The third kappa shape index (κ3) is 3.04. The van der Waals surface area contributed by atoms with Crippen LogP contribution in [0.25, 0.3) is 10.9 Å². The van der Waals surface area contributed by atoms with Gasteiger partial charge < -0.3 is 5.32 Å². The van der Waals surface area contributed by atoms with Crippen LogP contribution in [-0.4, -0.2) is 32.6 Å². The molecule has 0 spiro atoms. The Morgan fingerprint density at radius 1 is 1.53 bits per heavy atom.